The van der Waals surface area contributed by atoms with Crippen LogP contribution in [-0.2, 0) is 14.8 Å². The van der Waals surface area contributed by atoms with E-state index in [4.69, 9.17) is 4.74 Å². The van der Waals surface area contributed by atoms with Crippen LogP contribution in [0.25, 0.3) is 22.0 Å². The van der Waals surface area contributed by atoms with Crippen molar-refractivity contribution in [1.82, 2.24) is 19.5 Å². The minimum atomic E-state index is -3.57. The first-order chi connectivity index (χ1) is 15.6. The van der Waals surface area contributed by atoms with Gasteiger partial charge in [-0.15, -0.1) is 10.2 Å². The summed E-state index contributed by atoms with van der Waals surface area (Å²) in [5, 5.41) is 12.3. The smallest absolute Gasteiger partial charge is 0.244 e. The highest BCUT2D eigenvalue weighted by molar-refractivity contribution is 7.99. The number of rotatable bonds is 5. The van der Waals surface area contributed by atoms with Crippen LogP contribution in [0.4, 0.5) is 0 Å². The van der Waals surface area contributed by atoms with E-state index in [1.54, 1.807) is 12.1 Å². The normalized spacial score (nSPS) is 15.1. The number of ether oxygens (including phenoxy) is 1. The Morgan fingerprint density at radius 3 is 2.28 bits per heavy atom. The van der Waals surface area contributed by atoms with Crippen molar-refractivity contribution in [3.8, 4) is 11.3 Å². The van der Waals surface area contributed by atoms with E-state index in [0.717, 1.165) is 27.1 Å². The molecule has 2 aromatic heterocycles. The Hall–Kier alpha value is -2.85. The van der Waals surface area contributed by atoms with Crippen molar-refractivity contribution in [2.45, 2.75) is 14.9 Å². The average Bonchev–Trinajstić information content (AvgIpc) is 2.86. The molecule has 1 aliphatic rings. The molecule has 1 aliphatic heterocycles. The molecular formula is C23H20N4O3S2. The summed E-state index contributed by atoms with van der Waals surface area (Å²) in [5.41, 5.74) is 1.83. The number of morpholine rings is 1. The van der Waals surface area contributed by atoms with Crippen molar-refractivity contribution in [2.24, 2.45) is 0 Å². The van der Waals surface area contributed by atoms with Crippen molar-refractivity contribution in [3.63, 3.8) is 0 Å². The van der Waals surface area contributed by atoms with E-state index in [0.29, 0.717) is 31.3 Å². The van der Waals surface area contributed by atoms with Crippen molar-refractivity contribution in [1.29, 1.82) is 0 Å². The van der Waals surface area contributed by atoms with Gasteiger partial charge in [0.25, 0.3) is 0 Å². The van der Waals surface area contributed by atoms with Crippen molar-refractivity contribution in [2.75, 3.05) is 26.3 Å². The molecule has 0 amide bonds. The predicted octanol–water partition coefficient (Wildman–Crippen LogP) is 3.86. The zero-order valence-corrected chi connectivity index (χ0v) is 18.7. The third kappa shape index (κ3) is 4.12. The van der Waals surface area contributed by atoms with E-state index in [-0.39, 0.29) is 4.90 Å². The van der Waals surface area contributed by atoms with Crippen LogP contribution >= 0.6 is 11.8 Å². The quantitative estimate of drug-likeness (QED) is 0.443. The number of hydrogen-bond acceptors (Lipinski definition) is 7. The van der Waals surface area contributed by atoms with Crippen molar-refractivity contribution < 1.29 is 13.2 Å². The Kier molecular flexibility index (Phi) is 5.88. The maximum absolute atomic E-state index is 12.8. The lowest BCUT2D eigenvalue weighted by Gasteiger charge is -2.25. The Balaban J connectivity index is 1.44. The molecule has 1 fully saturated rings. The summed E-state index contributed by atoms with van der Waals surface area (Å²) < 4.78 is 32.3. The number of sulfonamides is 1. The maximum atomic E-state index is 12.8. The summed E-state index contributed by atoms with van der Waals surface area (Å²) >= 11 is 1.36. The van der Waals surface area contributed by atoms with Crippen molar-refractivity contribution in [3.05, 3.63) is 72.9 Å². The zero-order chi connectivity index (χ0) is 22.0. The summed E-state index contributed by atoms with van der Waals surface area (Å²) in [7, 11) is -3.57. The highest BCUT2D eigenvalue weighted by Gasteiger charge is 2.26. The maximum Gasteiger partial charge on any atom is 0.244 e. The summed E-state index contributed by atoms with van der Waals surface area (Å²) in [6.07, 6.45) is 1.40. The minimum absolute atomic E-state index is 0.180. The number of pyridine rings is 1. The molecule has 0 N–H and O–H groups in total. The molecule has 0 bridgehead atoms. The van der Waals surface area contributed by atoms with Crippen LogP contribution in [0.5, 0.6) is 0 Å². The van der Waals surface area contributed by atoms with Gasteiger partial charge < -0.3 is 4.74 Å². The number of aromatic nitrogens is 3. The number of benzene rings is 2. The molecular weight excluding hydrogens is 444 g/mol. The first-order valence-electron chi connectivity index (χ1n) is 10.2. The second kappa shape index (κ2) is 8.95. The van der Waals surface area contributed by atoms with E-state index in [2.05, 4.69) is 15.2 Å². The van der Waals surface area contributed by atoms with Gasteiger partial charge in [0, 0.05) is 35.6 Å². The first kappa shape index (κ1) is 21.0. The lowest BCUT2D eigenvalue weighted by Crippen LogP contribution is -2.40. The molecule has 4 aromatic rings. The van der Waals surface area contributed by atoms with Gasteiger partial charge in [0.1, 0.15) is 20.6 Å². The first-order valence-corrected chi connectivity index (χ1v) is 12.4. The van der Waals surface area contributed by atoms with E-state index in [9.17, 15) is 8.42 Å². The van der Waals surface area contributed by atoms with Gasteiger partial charge in [-0.25, -0.2) is 13.4 Å². The fraction of sp³-hybridized carbons (Fsp3) is 0.174. The lowest BCUT2D eigenvalue weighted by atomic mass is 10.1. The van der Waals surface area contributed by atoms with Gasteiger partial charge in [0.2, 0.25) is 10.0 Å². The van der Waals surface area contributed by atoms with Gasteiger partial charge in [-0.1, -0.05) is 54.6 Å². The average molecular weight is 465 g/mol. The second-order valence-electron chi connectivity index (χ2n) is 7.22. The van der Waals surface area contributed by atoms with Gasteiger partial charge in [-0.2, -0.15) is 4.31 Å². The van der Waals surface area contributed by atoms with Crippen LogP contribution in [0.15, 0.2) is 87.9 Å². The van der Waals surface area contributed by atoms with Gasteiger partial charge in [0.15, 0.2) is 0 Å². The summed E-state index contributed by atoms with van der Waals surface area (Å²) in [6.45, 7) is 1.53. The van der Waals surface area contributed by atoms with Crippen LogP contribution in [0.2, 0.25) is 0 Å². The van der Waals surface area contributed by atoms with E-state index >= 15 is 0 Å². The molecule has 9 heteroatoms. The summed E-state index contributed by atoms with van der Waals surface area (Å²) in [5.74, 6) is 0. The van der Waals surface area contributed by atoms with Crippen LogP contribution in [-0.4, -0.2) is 54.2 Å². The van der Waals surface area contributed by atoms with Crippen LogP contribution in [0, 0.1) is 0 Å². The molecule has 0 radical (unpaired) electrons. The number of fused-ring (bicyclic) bond motifs is 1. The van der Waals surface area contributed by atoms with E-state index < -0.39 is 10.0 Å². The molecule has 0 spiro atoms. The van der Waals surface area contributed by atoms with Crippen molar-refractivity contribution >= 4 is 32.6 Å². The third-order valence-electron chi connectivity index (χ3n) is 5.22. The molecule has 1 saturated heterocycles. The van der Waals surface area contributed by atoms with Gasteiger partial charge in [-0.05, 0) is 23.9 Å². The second-order valence-corrected chi connectivity index (χ2v) is 10.2. The standard InChI is InChI=1S/C23H20N4O3S2/c28-32(29,27-12-14-30-15-13-27)18-10-11-21(24-16-18)31-23-20-9-5-4-8-19(20)22(25-26-23)17-6-2-1-3-7-17/h1-11,16H,12-15H2. The lowest BCUT2D eigenvalue weighted by molar-refractivity contribution is 0.0730. The SMILES string of the molecule is O=S(=O)(c1ccc(Sc2nnc(-c3ccccc3)c3ccccc23)nc1)N1CCOCC1. The van der Waals surface area contributed by atoms with Crippen LogP contribution in [0.3, 0.4) is 0 Å². The third-order valence-corrected chi connectivity index (χ3v) is 8.05. The fourth-order valence-electron chi connectivity index (χ4n) is 3.58. The van der Waals surface area contributed by atoms with E-state index in [1.165, 1.54) is 22.3 Å². The molecule has 2 aromatic carbocycles. The molecule has 0 atom stereocenters. The molecule has 5 rings (SSSR count). The van der Waals surface area contributed by atoms with E-state index in [1.807, 2.05) is 54.6 Å². The van der Waals surface area contributed by atoms with Crippen LogP contribution < -0.4 is 0 Å². The monoisotopic (exact) mass is 464 g/mol. The largest absolute Gasteiger partial charge is 0.379 e. The number of nitrogens with zero attached hydrogens (tertiary/aromatic N) is 4. The highest BCUT2D eigenvalue weighted by atomic mass is 32.2. The Morgan fingerprint density at radius 2 is 1.56 bits per heavy atom. The highest BCUT2D eigenvalue weighted by Crippen LogP contribution is 2.34. The Morgan fingerprint density at radius 1 is 0.844 bits per heavy atom. The zero-order valence-electron chi connectivity index (χ0n) is 17.1. The van der Waals surface area contributed by atoms with Gasteiger partial charge in [0.05, 0.1) is 13.2 Å². The molecule has 32 heavy (non-hydrogen) atoms. The van der Waals surface area contributed by atoms with Crippen LogP contribution in [0.1, 0.15) is 0 Å². The molecule has 0 aliphatic carbocycles. The number of hydrogen-bond donors (Lipinski definition) is 0. The molecule has 3 heterocycles. The molecule has 0 saturated carbocycles. The molecule has 7 nitrogen and oxygen atoms in total. The molecule has 162 valence electrons. The Labute approximate surface area is 190 Å². The topological polar surface area (TPSA) is 85.3 Å². The predicted molar refractivity (Wildman–Crippen MR) is 123 cm³/mol. The summed E-state index contributed by atoms with van der Waals surface area (Å²) in [6, 6.07) is 21.2. The Bertz CT molecular complexity index is 1340. The minimum Gasteiger partial charge on any atom is -0.379 e. The fourth-order valence-corrected chi connectivity index (χ4v) is 5.74. The molecule has 0 unspecified atom stereocenters. The van der Waals surface area contributed by atoms with Gasteiger partial charge in [-0.3, -0.25) is 0 Å². The summed E-state index contributed by atoms with van der Waals surface area (Å²) in [4.78, 5) is 4.56. The van der Waals surface area contributed by atoms with Gasteiger partial charge >= 0.3 is 0 Å².